The van der Waals surface area contributed by atoms with Crippen molar-refractivity contribution in [2.75, 3.05) is 78.8 Å². The fourth-order valence-corrected chi connectivity index (χ4v) is 9.86. The lowest BCUT2D eigenvalue weighted by molar-refractivity contribution is -0.157. The summed E-state index contributed by atoms with van der Waals surface area (Å²) in [5.41, 5.74) is 3.45. The van der Waals surface area contributed by atoms with Crippen LogP contribution in [0.3, 0.4) is 0 Å². The zero-order chi connectivity index (χ0) is 56.3. The van der Waals surface area contributed by atoms with E-state index in [1.807, 2.05) is 90.1 Å². The molecular weight excluding hydrogens is 983 g/mol. The highest BCUT2D eigenvalue weighted by atomic mass is 16.6. The molecule has 17 heteroatoms. The summed E-state index contributed by atoms with van der Waals surface area (Å²) in [7, 11) is 0. The number of rotatable bonds is 29. The van der Waals surface area contributed by atoms with Gasteiger partial charge in [-0.3, -0.25) is 28.8 Å². The lowest BCUT2D eigenvalue weighted by atomic mass is 9.73. The quantitative estimate of drug-likeness (QED) is 0.0279. The Balaban J connectivity index is 1.01. The summed E-state index contributed by atoms with van der Waals surface area (Å²) < 4.78 is 22.6. The standard InChI is InChI=1S/C60H85N5O12/c1-40(32-46-50(66)34-59(6,7)35-51(46)67)20-22-61-24-27-65(28-25-62-23-21-41(2)33-47-52(68)36-60(8,9)37-53(47)69)55(71)39-75-31-30-74-29-26-63-54(70)19-18-49(56(72)77-58(3,4)5)64-57(73)76-38-48-44-16-12-10-14-42(44)43-15-11-13-17-45(43)48/h10-17,32-33,40-41,48-49,61-62H,18-31,34-39H2,1-9H3,(H,63,70)(H,64,73)/t40-,41-,49+/m0/s1. The van der Waals surface area contributed by atoms with Gasteiger partial charge in [0.1, 0.15) is 24.9 Å². The van der Waals surface area contributed by atoms with Crippen molar-refractivity contribution in [3.8, 4) is 11.1 Å². The van der Waals surface area contributed by atoms with Gasteiger partial charge in [-0.05, 0) is 98.0 Å². The van der Waals surface area contributed by atoms with Gasteiger partial charge in [-0.25, -0.2) is 9.59 Å². The van der Waals surface area contributed by atoms with E-state index >= 15 is 0 Å². The Labute approximate surface area is 455 Å². The van der Waals surface area contributed by atoms with E-state index in [0.29, 0.717) is 88.9 Å². The number of ether oxygens (including phenoxy) is 4. The summed E-state index contributed by atoms with van der Waals surface area (Å²) in [5, 5.41) is 12.2. The predicted octanol–water partition coefficient (Wildman–Crippen LogP) is 6.99. The zero-order valence-electron chi connectivity index (χ0n) is 47.1. The zero-order valence-corrected chi connectivity index (χ0v) is 47.1. The van der Waals surface area contributed by atoms with Crippen LogP contribution in [-0.4, -0.2) is 142 Å². The SMILES string of the molecule is C[C@H](C=C1C(=O)CC(C)(C)CC1=O)CCNCCN(CCNCC[C@H](C)C=C1C(=O)CC(C)(C)CC1=O)C(=O)COCCOCCNC(=O)CC[C@@H](NC(=O)OCC1c2ccccc2-c2ccccc21)C(=O)OC(C)(C)C. The summed E-state index contributed by atoms with van der Waals surface area (Å²) in [6.45, 7) is 20.5. The Morgan fingerprint density at radius 3 is 1.64 bits per heavy atom. The minimum atomic E-state index is -1.13. The molecule has 3 amide bonds. The van der Waals surface area contributed by atoms with Gasteiger partial charge in [0.15, 0.2) is 23.1 Å². The fourth-order valence-electron chi connectivity index (χ4n) is 9.86. The monoisotopic (exact) mass is 1070 g/mol. The largest absolute Gasteiger partial charge is 0.458 e. The number of carbonyl (C=O) groups excluding carboxylic acids is 8. The Bertz CT molecular complexity index is 2310. The van der Waals surface area contributed by atoms with Crippen molar-refractivity contribution < 1.29 is 57.3 Å². The second-order valence-electron chi connectivity index (χ2n) is 23.4. The first kappa shape index (κ1) is 62.0. The first-order valence-electron chi connectivity index (χ1n) is 27.4. The molecule has 0 spiro atoms. The van der Waals surface area contributed by atoms with Crippen LogP contribution in [0, 0.1) is 22.7 Å². The molecule has 0 unspecified atom stereocenters. The molecule has 2 fully saturated rings. The molecule has 422 valence electrons. The minimum Gasteiger partial charge on any atom is -0.458 e. The number of Topliss-reactive ketones (excluding diaryl/α,β-unsaturated/α-hetero) is 4. The van der Waals surface area contributed by atoms with Gasteiger partial charge < -0.3 is 45.1 Å². The van der Waals surface area contributed by atoms with E-state index in [2.05, 4.69) is 21.3 Å². The lowest BCUT2D eigenvalue weighted by Crippen LogP contribution is -2.45. The van der Waals surface area contributed by atoms with Gasteiger partial charge >= 0.3 is 12.1 Å². The number of ketones is 4. The molecule has 17 nitrogen and oxygen atoms in total. The molecule has 0 aromatic heterocycles. The van der Waals surface area contributed by atoms with Crippen molar-refractivity contribution in [2.45, 2.75) is 131 Å². The van der Waals surface area contributed by atoms with Crippen LogP contribution in [-0.2, 0) is 52.5 Å². The van der Waals surface area contributed by atoms with Crippen LogP contribution in [0.4, 0.5) is 4.79 Å². The number of benzene rings is 2. The normalized spacial score (nSPS) is 17.2. The number of allylic oxidation sites excluding steroid dienone is 4. The van der Waals surface area contributed by atoms with Crippen molar-refractivity contribution in [3.05, 3.63) is 83.0 Å². The molecule has 2 saturated carbocycles. The van der Waals surface area contributed by atoms with Gasteiger partial charge in [-0.1, -0.05) is 102 Å². The number of hydrogen-bond acceptors (Lipinski definition) is 14. The first-order chi connectivity index (χ1) is 36.4. The number of hydrogen-bond donors (Lipinski definition) is 4. The molecule has 3 aliphatic carbocycles. The van der Waals surface area contributed by atoms with Gasteiger partial charge in [0, 0.05) is 70.7 Å². The highest BCUT2D eigenvalue weighted by Gasteiger charge is 2.37. The Kier molecular flexibility index (Phi) is 23.5. The van der Waals surface area contributed by atoms with E-state index in [1.165, 1.54) is 0 Å². The smallest absolute Gasteiger partial charge is 0.407 e. The second kappa shape index (κ2) is 29.2. The van der Waals surface area contributed by atoms with Crippen LogP contribution in [0.1, 0.15) is 131 Å². The molecule has 77 heavy (non-hydrogen) atoms. The van der Waals surface area contributed by atoms with Gasteiger partial charge in [-0.15, -0.1) is 0 Å². The number of amides is 3. The summed E-state index contributed by atoms with van der Waals surface area (Å²) >= 11 is 0. The number of nitrogens with one attached hydrogen (secondary N) is 4. The number of esters is 1. The van der Waals surface area contributed by atoms with Gasteiger partial charge in [0.25, 0.3) is 0 Å². The molecule has 0 heterocycles. The third-order valence-electron chi connectivity index (χ3n) is 13.8. The van der Waals surface area contributed by atoms with E-state index in [0.717, 1.165) is 22.3 Å². The minimum absolute atomic E-state index is 0.0108. The molecule has 0 aliphatic heterocycles. The predicted molar refractivity (Wildman–Crippen MR) is 294 cm³/mol. The molecule has 0 bridgehead atoms. The van der Waals surface area contributed by atoms with E-state index in [9.17, 15) is 38.4 Å². The number of carbonyl (C=O) groups is 8. The molecule has 4 N–H and O–H groups in total. The maximum atomic E-state index is 13.5. The molecule has 3 atom stereocenters. The van der Waals surface area contributed by atoms with Crippen molar-refractivity contribution in [1.29, 1.82) is 0 Å². The molecule has 0 saturated heterocycles. The van der Waals surface area contributed by atoms with Crippen LogP contribution >= 0.6 is 0 Å². The highest BCUT2D eigenvalue weighted by molar-refractivity contribution is 6.22. The molecular formula is C60H85N5O12. The van der Waals surface area contributed by atoms with Crippen LogP contribution in [0.2, 0.25) is 0 Å². The Hall–Kier alpha value is -5.88. The van der Waals surface area contributed by atoms with E-state index < -0.39 is 23.7 Å². The van der Waals surface area contributed by atoms with E-state index in [-0.39, 0.29) is 116 Å². The van der Waals surface area contributed by atoms with E-state index in [4.69, 9.17) is 18.9 Å². The number of fused-ring (bicyclic) bond motifs is 3. The number of alkyl carbamates (subject to hydrolysis) is 1. The molecule has 2 aromatic rings. The second-order valence-corrected chi connectivity index (χ2v) is 23.4. The lowest BCUT2D eigenvalue weighted by Gasteiger charge is -2.28. The summed E-state index contributed by atoms with van der Waals surface area (Å²) in [6, 6.07) is 14.8. The highest BCUT2D eigenvalue weighted by Crippen LogP contribution is 2.44. The van der Waals surface area contributed by atoms with Crippen LogP contribution in [0.25, 0.3) is 11.1 Å². The van der Waals surface area contributed by atoms with E-state index in [1.54, 1.807) is 37.8 Å². The fraction of sp³-hybridized carbons (Fsp3) is 0.600. The van der Waals surface area contributed by atoms with Gasteiger partial charge in [0.2, 0.25) is 11.8 Å². The molecule has 5 rings (SSSR count). The Morgan fingerprint density at radius 2 is 1.14 bits per heavy atom. The van der Waals surface area contributed by atoms with Crippen molar-refractivity contribution in [1.82, 2.24) is 26.2 Å². The van der Waals surface area contributed by atoms with Crippen molar-refractivity contribution >= 4 is 47.0 Å². The summed E-state index contributed by atoms with van der Waals surface area (Å²) in [6.07, 6.45) is 5.55. The third-order valence-corrected chi connectivity index (χ3v) is 13.8. The molecule has 2 aromatic carbocycles. The molecule has 0 radical (unpaired) electrons. The maximum Gasteiger partial charge on any atom is 0.407 e. The number of nitrogens with zero attached hydrogens (tertiary/aromatic N) is 1. The summed E-state index contributed by atoms with van der Waals surface area (Å²) in [5.74, 6) is -1.77. The van der Waals surface area contributed by atoms with Crippen molar-refractivity contribution in [2.24, 2.45) is 22.7 Å². The topological polar surface area (TPSA) is 225 Å². The van der Waals surface area contributed by atoms with Gasteiger partial charge in [-0.2, -0.15) is 0 Å². The first-order valence-corrected chi connectivity index (χ1v) is 27.4. The summed E-state index contributed by atoms with van der Waals surface area (Å²) in [4.78, 5) is 105. The van der Waals surface area contributed by atoms with Crippen LogP contribution in [0.15, 0.2) is 71.8 Å². The van der Waals surface area contributed by atoms with Crippen LogP contribution in [0.5, 0.6) is 0 Å². The third kappa shape index (κ3) is 20.5. The Morgan fingerprint density at radius 1 is 0.662 bits per heavy atom. The van der Waals surface area contributed by atoms with Crippen molar-refractivity contribution in [3.63, 3.8) is 0 Å². The average Bonchev–Trinajstić information content (AvgIpc) is 3.67. The van der Waals surface area contributed by atoms with Crippen LogP contribution < -0.4 is 21.3 Å². The maximum absolute atomic E-state index is 13.5. The molecule has 3 aliphatic rings. The van der Waals surface area contributed by atoms with Gasteiger partial charge in [0.05, 0.1) is 31.0 Å². The average molecular weight is 1070 g/mol.